The van der Waals surface area contributed by atoms with Crippen LogP contribution in [0.2, 0.25) is 0 Å². The molecule has 0 aromatic heterocycles. The predicted octanol–water partition coefficient (Wildman–Crippen LogP) is 3.82. The maximum absolute atomic E-state index is 13.6. The second kappa shape index (κ2) is 8.06. The van der Waals surface area contributed by atoms with E-state index in [2.05, 4.69) is 30.9 Å². The first-order chi connectivity index (χ1) is 15.9. The van der Waals surface area contributed by atoms with E-state index in [0.29, 0.717) is 13.0 Å². The van der Waals surface area contributed by atoms with Crippen molar-refractivity contribution in [1.82, 2.24) is 19.6 Å². The Morgan fingerprint density at radius 3 is 2.24 bits per heavy atom. The van der Waals surface area contributed by atoms with E-state index in [0.717, 1.165) is 22.9 Å². The van der Waals surface area contributed by atoms with Crippen molar-refractivity contribution in [3.8, 4) is 0 Å². The van der Waals surface area contributed by atoms with Crippen molar-refractivity contribution in [2.24, 2.45) is 4.99 Å². The molecule has 3 amide bonds. The Balaban J connectivity index is 1.44. The van der Waals surface area contributed by atoms with E-state index in [1.54, 1.807) is 11.9 Å². The number of rotatable bonds is 5. The van der Waals surface area contributed by atoms with Crippen LogP contribution in [-0.4, -0.2) is 63.3 Å². The number of fused-ring (bicyclic) bond motifs is 3. The molecule has 0 saturated carbocycles. The van der Waals surface area contributed by atoms with E-state index in [-0.39, 0.29) is 18.0 Å². The molecular formula is C26H29N5O2. The molecule has 3 unspecified atom stereocenters. The van der Waals surface area contributed by atoms with Crippen molar-refractivity contribution in [1.29, 1.82) is 0 Å². The maximum Gasteiger partial charge on any atom is 0.328 e. The van der Waals surface area contributed by atoms with Crippen LogP contribution in [0, 0.1) is 0 Å². The van der Waals surface area contributed by atoms with E-state index in [1.807, 2.05) is 60.4 Å². The lowest BCUT2D eigenvalue weighted by Crippen LogP contribution is -2.64. The van der Waals surface area contributed by atoms with Gasteiger partial charge in [0, 0.05) is 25.0 Å². The highest BCUT2D eigenvalue weighted by Crippen LogP contribution is 2.41. The molecule has 5 rings (SSSR count). The fourth-order valence-corrected chi connectivity index (χ4v) is 5.07. The molecule has 0 radical (unpaired) electrons. The lowest BCUT2D eigenvalue weighted by molar-refractivity contribution is -0.136. The van der Waals surface area contributed by atoms with Gasteiger partial charge in [0.2, 0.25) is 5.96 Å². The van der Waals surface area contributed by atoms with E-state index in [9.17, 15) is 9.59 Å². The van der Waals surface area contributed by atoms with Crippen LogP contribution in [0.4, 0.5) is 4.79 Å². The summed E-state index contributed by atoms with van der Waals surface area (Å²) in [6.45, 7) is 6.59. The smallest absolute Gasteiger partial charge is 0.307 e. The topological polar surface area (TPSA) is 59.5 Å². The Bertz CT molecular complexity index is 1140. The van der Waals surface area contributed by atoms with Crippen LogP contribution in [0.15, 0.2) is 77.1 Å². The molecule has 0 bridgehead atoms. The van der Waals surface area contributed by atoms with Gasteiger partial charge in [0.15, 0.2) is 12.2 Å². The quantitative estimate of drug-likeness (QED) is 0.705. The molecule has 7 heteroatoms. The van der Waals surface area contributed by atoms with Crippen LogP contribution >= 0.6 is 0 Å². The first-order valence-corrected chi connectivity index (χ1v) is 11.4. The van der Waals surface area contributed by atoms with Crippen molar-refractivity contribution in [2.45, 2.75) is 45.4 Å². The zero-order valence-corrected chi connectivity index (χ0v) is 19.5. The Morgan fingerprint density at radius 1 is 0.939 bits per heavy atom. The molecule has 3 aliphatic rings. The van der Waals surface area contributed by atoms with Crippen LogP contribution in [0.25, 0.3) is 0 Å². The largest absolute Gasteiger partial charge is 0.328 e. The Morgan fingerprint density at radius 2 is 1.58 bits per heavy atom. The summed E-state index contributed by atoms with van der Waals surface area (Å²) in [6.07, 6.45) is 0.101. The Kier molecular flexibility index (Phi) is 5.19. The van der Waals surface area contributed by atoms with Crippen molar-refractivity contribution < 1.29 is 9.59 Å². The number of urea groups is 1. The van der Waals surface area contributed by atoms with Gasteiger partial charge in [-0.2, -0.15) is 0 Å². The van der Waals surface area contributed by atoms with Crippen LogP contribution < -0.4 is 0 Å². The van der Waals surface area contributed by atoms with Crippen molar-refractivity contribution in [3.63, 3.8) is 0 Å². The molecule has 0 N–H and O–H groups in total. The molecule has 7 nitrogen and oxygen atoms in total. The fourth-order valence-electron chi connectivity index (χ4n) is 5.07. The van der Waals surface area contributed by atoms with Gasteiger partial charge in [0.1, 0.15) is 0 Å². The van der Waals surface area contributed by atoms with Gasteiger partial charge in [-0.15, -0.1) is 0 Å². The zero-order valence-electron chi connectivity index (χ0n) is 19.5. The van der Waals surface area contributed by atoms with Crippen LogP contribution in [-0.2, 0) is 11.2 Å². The highest BCUT2D eigenvalue weighted by atomic mass is 16.2. The fraction of sp³-hybridized carbons (Fsp3) is 0.346. The molecule has 3 heterocycles. The monoisotopic (exact) mass is 443 g/mol. The maximum atomic E-state index is 13.6. The highest BCUT2D eigenvalue weighted by molar-refractivity contribution is 6.05. The first kappa shape index (κ1) is 21.2. The van der Waals surface area contributed by atoms with Gasteiger partial charge in [-0.25, -0.2) is 9.79 Å². The summed E-state index contributed by atoms with van der Waals surface area (Å²) < 4.78 is 0. The summed E-state index contributed by atoms with van der Waals surface area (Å²) in [4.78, 5) is 38.9. The minimum absolute atomic E-state index is 0.0512. The standard InChI is InChI=1S/C26H29N5O2/c1-17-18(2)31-22-23(27-25(31)30(17)19(3)21-13-9-6-10-14-21)28(4)26(33)29(24(22)32)16-15-20-11-7-5-8-12-20/h5-14,19,22-23H,15-16H2,1-4H3. The van der Waals surface area contributed by atoms with Gasteiger partial charge < -0.3 is 9.80 Å². The van der Waals surface area contributed by atoms with Gasteiger partial charge in [-0.1, -0.05) is 60.7 Å². The summed E-state index contributed by atoms with van der Waals surface area (Å²) in [5.41, 5.74) is 4.35. The summed E-state index contributed by atoms with van der Waals surface area (Å²) in [7, 11) is 1.74. The van der Waals surface area contributed by atoms with Gasteiger partial charge >= 0.3 is 6.03 Å². The van der Waals surface area contributed by atoms with Gasteiger partial charge in [-0.3, -0.25) is 14.6 Å². The average Bonchev–Trinajstić information content (AvgIpc) is 3.33. The summed E-state index contributed by atoms with van der Waals surface area (Å²) in [6, 6.07) is 19.4. The van der Waals surface area contributed by atoms with Gasteiger partial charge in [0.25, 0.3) is 5.91 Å². The Hall–Kier alpha value is -3.61. The number of likely N-dealkylation sites (N-methyl/N-ethyl adjacent to an activating group) is 1. The number of hydrogen-bond donors (Lipinski definition) is 0. The summed E-state index contributed by atoms with van der Waals surface area (Å²) in [5, 5.41) is 0. The molecule has 3 atom stereocenters. The molecular weight excluding hydrogens is 414 g/mol. The third-order valence-corrected chi connectivity index (χ3v) is 7.07. The number of carbonyl (C=O) groups excluding carboxylic acids is 2. The number of aliphatic imine (C=N–C) groups is 1. The lowest BCUT2D eigenvalue weighted by atomic mass is 10.1. The van der Waals surface area contributed by atoms with E-state index in [1.165, 1.54) is 10.5 Å². The number of allylic oxidation sites excluding steroid dienone is 2. The van der Waals surface area contributed by atoms with Gasteiger partial charge in [-0.05, 0) is 38.3 Å². The number of benzene rings is 2. The minimum Gasteiger partial charge on any atom is -0.307 e. The van der Waals surface area contributed by atoms with E-state index < -0.39 is 12.2 Å². The molecule has 0 aliphatic carbocycles. The third-order valence-electron chi connectivity index (χ3n) is 7.07. The molecule has 3 aliphatic heterocycles. The number of imide groups is 1. The zero-order chi connectivity index (χ0) is 23.3. The van der Waals surface area contributed by atoms with E-state index in [4.69, 9.17) is 4.99 Å². The number of carbonyl (C=O) groups is 2. The number of amides is 3. The van der Waals surface area contributed by atoms with Gasteiger partial charge in [0.05, 0.1) is 6.04 Å². The number of nitrogens with zero attached hydrogens (tertiary/aromatic N) is 5. The van der Waals surface area contributed by atoms with Crippen molar-refractivity contribution in [2.75, 3.05) is 13.6 Å². The molecule has 1 fully saturated rings. The highest BCUT2D eigenvalue weighted by Gasteiger charge is 2.56. The summed E-state index contributed by atoms with van der Waals surface area (Å²) >= 11 is 0. The molecule has 0 spiro atoms. The Labute approximate surface area is 194 Å². The van der Waals surface area contributed by atoms with E-state index >= 15 is 0 Å². The number of guanidine groups is 1. The molecule has 1 saturated heterocycles. The molecule has 170 valence electrons. The molecule has 2 aromatic rings. The lowest BCUT2D eigenvalue weighted by Gasteiger charge is -2.40. The predicted molar refractivity (Wildman–Crippen MR) is 127 cm³/mol. The molecule has 2 aromatic carbocycles. The average molecular weight is 444 g/mol. The first-order valence-electron chi connectivity index (χ1n) is 11.4. The van der Waals surface area contributed by atoms with Crippen LogP contribution in [0.1, 0.15) is 37.9 Å². The normalized spacial score (nSPS) is 23.2. The van der Waals surface area contributed by atoms with Crippen molar-refractivity contribution >= 4 is 17.9 Å². The SMILES string of the molecule is CC1=C(C)N2C(=NC3C2C(=O)N(CCc2ccccc2)C(=O)N3C)N1C(C)c1ccccc1. The third kappa shape index (κ3) is 3.30. The second-order valence-electron chi connectivity index (χ2n) is 8.90. The van der Waals surface area contributed by atoms with Crippen molar-refractivity contribution in [3.05, 3.63) is 83.2 Å². The molecule has 33 heavy (non-hydrogen) atoms. The minimum atomic E-state index is -0.540. The summed E-state index contributed by atoms with van der Waals surface area (Å²) in [5.74, 6) is 0.563. The number of hydrogen-bond acceptors (Lipinski definition) is 5. The van der Waals surface area contributed by atoms with Crippen LogP contribution in [0.5, 0.6) is 0 Å². The van der Waals surface area contributed by atoms with Crippen LogP contribution in [0.3, 0.4) is 0 Å². The second-order valence-corrected chi connectivity index (χ2v) is 8.90.